The lowest BCUT2D eigenvalue weighted by Crippen LogP contribution is -2.26. The average Bonchev–Trinajstić information content (AvgIpc) is 3.27. The summed E-state index contributed by atoms with van der Waals surface area (Å²) in [6.45, 7) is 1.85. The van der Waals surface area contributed by atoms with E-state index in [0.717, 1.165) is 34.2 Å². The summed E-state index contributed by atoms with van der Waals surface area (Å²) in [5.41, 5.74) is 2.02. The van der Waals surface area contributed by atoms with E-state index >= 15 is 0 Å². The summed E-state index contributed by atoms with van der Waals surface area (Å²) in [5, 5.41) is 4.58. The van der Waals surface area contributed by atoms with Gasteiger partial charge in [0.05, 0.1) is 23.6 Å². The standard InChI is InChI=1S/C23H18F3N3O/c1-14(21-12-27-13-28-21)29-22(30)17-7-10-20-16(11-17)3-2-4-19(20)15-5-8-18(9-6-15)23(24,25)26/h2-14H,1H3,(H,27,28)(H,29,30)/t14-/m1/s1. The number of fused-ring (bicyclic) bond motifs is 1. The molecule has 0 spiro atoms. The van der Waals surface area contributed by atoms with Crippen molar-refractivity contribution in [2.75, 3.05) is 0 Å². The number of carbonyl (C=O) groups is 1. The molecule has 3 aromatic carbocycles. The van der Waals surface area contributed by atoms with Gasteiger partial charge in [-0.1, -0.05) is 36.4 Å². The number of hydrogen-bond donors (Lipinski definition) is 2. The SMILES string of the molecule is C[C@@H](NC(=O)c1ccc2c(-c3ccc(C(F)(F)F)cc3)cccc2c1)c1c[nH]cn1. The molecule has 30 heavy (non-hydrogen) atoms. The summed E-state index contributed by atoms with van der Waals surface area (Å²) in [5.74, 6) is -0.229. The number of benzene rings is 3. The number of aromatic nitrogens is 2. The lowest BCUT2D eigenvalue weighted by Gasteiger charge is -2.13. The van der Waals surface area contributed by atoms with Crippen molar-refractivity contribution < 1.29 is 18.0 Å². The van der Waals surface area contributed by atoms with Crippen molar-refractivity contribution in [3.63, 3.8) is 0 Å². The van der Waals surface area contributed by atoms with E-state index in [2.05, 4.69) is 15.3 Å². The number of amides is 1. The Kier molecular flexibility index (Phi) is 5.03. The molecule has 1 aromatic heterocycles. The van der Waals surface area contributed by atoms with Gasteiger partial charge in [-0.2, -0.15) is 13.2 Å². The fraction of sp³-hybridized carbons (Fsp3) is 0.130. The van der Waals surface area contributed by atoms with E-state index < -0.39 is 11.7 Å². The molecule has 0 radical (unpaired) electrons. The maximum absolute atomic E-state index is 12.8. The Balaban J connectivity index is 1.63. The number of carbonyl (C=O) groups excluding carboxylic acids is 1. The third-order valence-electron chi connectivity index (χ3n) is 4.98. The zero-order valence-corrected chi connectivity index (χ0v) is 16.0. The molecule has 0 saturated heterocycles. The van der Waals surface area contributed by atoms with Crippen LogP contribution < -0.4 is 5.32 Å². The van der Waals surface area contributed by atoms with Gasteiger partial charge in [0, 0.05) is 11.8 Å². The van der Waals surface area contributed by atoms with Gasteiger partial charge in [0.2, 0.25) is 0 Å². The Bertz CT molecular complexity index is 1180. The molecule has 0 unspecified atom stereocenters. The monoisotopic (exact) mass is 409 g/mol. The van der Waals surface area contributed by atoms with E-state index in [9.17, 15) is 18.0 Å². The van der Waals surface area contributed by atoms with Crippen LogP contribution in [-0.2, 0) is 6.18 Å². The van der Waals surface area contributed by atoms with Gasteiger partial charge in [0.1, 0.15) is 0 Å². The predicted molar refractivity (Wildman–Crippen MR) is 109 cm³/mol. The second-order valence-electron chi connectivity index (χ2n) is 7.01. The zero-order valence-electron chi connectivity index (χ0n) is 16.0. The number of aromatic amines is 1. The van der Waals surface area contributed by atoms with Crippen LogP contribution in [0.2, 0.25) is 0 Å². The van der Waals surface area contributed by atoms with Crippen molar-refractivity contribution in [2.24, 2.45) is 0 Å². The fourth-order valence-electron chi connectivity index (χ4n) is 3.38. The smallest absolute Gasteiger partial charge is 0.351 e. The highest BCUT2D eigenvalue weighted by molar-refractivity contribution is 6.02. The maximum Gasteiger partial charge on any atom is 0.416 e. The molecule has 1 heterocycles. The van der Waals surface area contributed by atoms with Crippen molar-refractivity contribution in [3.8, 4) is 11.1 Å². The van der Waals surface area contributed by atoms with Gasteiger partial charge in [-0.05, 0) is 53.1 Å². The van der Waals surface area contributed by atoms with E-state index in [1.165, 1.54) is 12.1 Å². The van der Waals surface area contributed by atoms with E-state index in [-0.39, 0.29) is 11.9 Å². The first-order chi connectivity index (χ1) is 14.3. The molecule has 4 nitrogen and oxygen atoms in total. The van der Waals surface area contributed by atoms with Crippen molar-refractivity contribution in [2.45, 2.75) is 19.1 Å². The Labute approximate surface area is 170 Å². The Morgan fingerprint density at radius 2 is 1.83 bits per heavy atom. The van der Waals surface area contributed by atoms with E-state index in [1.54, 1.807) is 24.7 Å². The number of alkyl halides is 3. The highest BCUT2D eigenvalue weighted by atomic mass is 19.4. The summed E-state index contributed by atoms with van der Waals surface area (Å²) >= 11 is 0. The molecule has 0 saturated carbocycles. The Hall–Kier alpha value is -3.61. The van der Waals surface area contributed by atoms with Crippen LogP contribution in [0.4, 0.5) is 13.2 Å². The molecule has 0 aliphatic heterocycles. The van der Waals surface area contributed by atoms with Crippen LogP contribution in [0.1, 0.15) is 34.6 Å². The molecule has 1 atom stereocenters. The quantitative estimate of drug-likeness (QED) is 0.452. The maximum atomic E-state index is 12.8. The van der Waals surface area contributed by atoms with Gasteiger partial charge in [0.15, 0.2) is 0 Å². The molecule has 7 heteroatoms. The van der Waals surface area contributed by atoms with E-state index in [4.69, 9.17) is 0 Å². The van der Waals surface area contributed by atoms with Crippen LogP contribution in [-0.4, -0.2) is 15.9 Å². The minimum absolute atomic E-state index is 0.229. The number of hydrogen-bond acceptors (Lipinski definition) is 2. The van der Waals surface area contributed by atoms with E-state index in [1.807, 2.05) is 31.2 Å². The molecule has 0 fully saturated rings. The second-order valence-corrected chi connectivity index (χ2v) is 7.01. The second kappa shape index (κ2) is 7.67. The first-order valence-electron chi connectivity index (χ1n) is 9.33. The number of H-pyrrole nitrogens is 1. The molecule has 0 aliphatic rings. The van der Waals surface area contributed by atoms with Crippen LogP contribution in [0, 0.1) is 0 Å². The molecular weight excluding hydrogens is 391 g/mol. The highest BCUT2D eigenvalue weighted by Crippen LogP contribution is 2.33. The van der Waals surface area contributed by atoms with Crippen molar-refractivity contribution >= 4 is 16.7 Å². The summed E-state index contributed by atoms with van der Waals surface area (Å²) in [7, 11) is 0. The summed E-state index contributed by atoms with van der Waals surface area (Å²) in [4.78, 5) is 19.6. The first-order valence-corrected chi connectivity index (χ1v) is 9.33. The molecule has 0 aliphatic carbocycles. The molecule has 4 aromatic rings. The highest BCUT2D eigenvalue weighted by Gasteiger charge is 2.30. The summed E-state index contributed by atoms with van der Waals surface area (Å²) < 4.78 is 38.5. The van der Waals surface area contributed by atoms with Gasteiger partial charge in [-0.15, -0.1) is 0 Å². The number of nitrogens with one attached hydrogen (secondary N) is 2. The van der Waals surface area contributed by atoms with Crippen molar-refractivity contribution in [1.29, 1.82) is 0 Å². The number of halogens is 3. The summed E-state index contributed by atoms with van der Waals surface area (Å²) in [6, 6.07) is 15.7. The van der Waals surface area contributed by atoms with Crippen molar-refractivity contribution in [1.82, 2.24) is 15.3 Å². The molecule has 1 amide bonds. The third kappa shape index (κ3) is 3.91. The van der Waals surface area contributed by atoms with Gasteiger partial charge in [-0.3, -0.25) is 4.79 Å². The molecule has 152 valence electrons. The van der Waals surface area contributed by atoms with Crippen LogP contribution >= 0.6 is 0 Å². The van der Waals surface area contributed by atoms with Crippen molar-refractivity contribution in [3.05, 3.63) is 90.0 Å². The minimum Gasteiger partial charge on any atom is -0.351 e. The minimum atomic E-state index is -4.37. The normalized spacial score (nSPS) is 12.7. The zero-order chi connectivity index (χ0) is 21.3. The first kappa shape index (κ1) is 19.7. The van der Waals surface area contributed by atoms with Gasteiger partial charge in [-0.25, -0.2) is 4.98 Å². The Morgan fingerprint density at radius 3 is 2.50 bits per heavy atom. The predicted octanol–water partition coefficient (Wildman–Crippen LogP) is 5.74. The lowest BCUT2D eigenvalue weighted by molar-refractivity contribution is -0.137. The Morgan fingerprint density at radius 1 is 1.07 bits per heavy atom. The van der Waals surface area contributed by atoms with Gasteiger partial charge < -0.3 is 10.3 Å². The number of imidazole rings is 1. The van der Waals surface area contributed by atoms with Crippen LogP contribution in [0.3, 0.4) is 0 Å². The van der Waals surface area contributed by atoms with Crippen LogP contribution in [0.25, 0.3) is 21.9 Å². The molecule has 4 rings (SSSR count). The van der Waals surface area contributed by atoms with E-state index in [0.29, 0.717) is 11.1 Å². The van der Waals surface area contributed by atoms with Gasteiger partial charge >= 0.3 is 6.18 Å². The lowest BCUT2D eigenvalue weighted by atomic mass is 9.96. The molecule has 2 N–H and O–H groups in total. The summed E-state index contributed by atoms with van der Waals surface area (Å²) in [6.07, 6.45) is -1.09. The third-order valence-corrected chi connectivity index (χ3v) is 4.98. The van der Waals surface area contributed by atoms with Crippen LogP contribution in [0.5, 0.6) is 0 Å². The van der Waals surface area contributed by atoms with Gasteiger partial charge in [0.25, 0.3) is 5.91 Å². The fourth-order valence-corrected chi connectivity index (χ4v) is 3.38. The topological polar surface area (TPSA) is 57.8 Å². The number of nitrogens with zero attached hydrogens (tertiary/aromatic N) is 1. The van der Waals surface area contributed by atoms with Crippen LogP contribution in [0.15, 0.2) is 73.2 Å². The average molecular weight is 409 g/mol. The largest absolute Gasteiger partial charge is 0.416 e. The molecular formula is C23H18F3N3O. The number of rotatable bonds is 4. The molecule has 0 bridgehead atoms.